The number of aryl methyl sites for hydroxylation is 1. The van der Waals surface area contributed by atoms with Crippen LogP contribution < -0.4 is 5.32 Å². The largest absolute Gasteiger partial charge is 0.350 e. The molecule has 1 aliphatic rings. The highest BCUT2D eigenvalue weighted by atomic mass is 35.5. The van der Waals surface area contributed by atoms with Gasteiger partial charge in [-0.25, -0.2) is 0 Å². The Labute approximate surface area is 112 Å². The van der Waals surface area contributed by atoms with Gasteiger partial charge in [0.1, 0.15) is 0 Å². The Morgan fingerprint density at radius 1 is 1.28 bits per heavy atom. The predicted octanol–water partition coefficient (Wildman–Crippen LogP) is 2.24. The molecule has 0 unspecified atom stereocenters. The number of hydrogen-bond donors (Lipinski definition) is 1. The lowest BCUT2D eigenvalue weighted by Gasteiger charge is -2.26. The topological polar surface area (TPSA) is 20.2 Å². The highest BCUT2D eigenvalue weighted by molar-refractivity contribution is 6.31. The lowest BCUT2D eigenvalue weighted by molar-refractivity contribution is 0.234. The van der Waals surface area contributed by atoms with E-state index in [0.717, 1.165) is 37.7 Å². The van der Waals surface area contributed by atoms with Crippen molar-refractivity contribution in [1.82, 2.24) is 14.8 Å². The van der Waals surface area contributed by atoms with Crippen LogP contribution in [0, 0.1) is 0 Å². The average molecular weight is 264 g/mol. The zero-order valence-electron chi connectivity index (χ0n) is 10.6. The van der Waals surface area contributed by atoms with E-state index in [9.17, 15) is 0 Å². The first-order chi connectivity index (χ1) is 8.74. The summed E-state index contributed by atoms with van der Waals surface area (Å²) in [6.45, 7) is 5.47. The third-order valence-corrected chi connectivity index (χ3v) is 3.87. The quantitative estimate of drug-likeness (QED) is 0.897. The second-order valence-electron chi connectivity index (χ2n) is 4.95. The third-order valence-electron chi connectivity index (χ3n) is 3.64. The molecule has 3 rings (SSSR count). The molecule has 0 aliphatic carbocycles. The Morgan fingerprint density at radius 2 is 2.06 bits per heavy atom. The van der Waals surface area contributed by atoms with Gasteiger partial charge in [0.15, 0.2) is 0 Å². The SMILES string of the molecule is Cn1cc(CN2CCNCC2)c2ccc(Cl)cc21. The normalized spacial score (nSPS) is 17.4. The molecule has 2 heterocycles. The van der Waals surface area contributed by atoms with Crippen LogP contribution in [0.5, 0.6) is 0 Å². The summed E-state index contributed by atoms with van der Waals surface area (Å²) in [5, 5.41) is 5.51. The lowest BCUT2D eigenvalue weighted by Crippen LogP contribution is -2.42. The van der Waals surface area contributed by atoms with E-state index in [2.05, 4.69) is 34.1 Å². The minimum Gasteiger partial charge on any atom is -0.350 e. The third kappa shape index (κ3) is 2.26. The van der Waals surface area contributed by atoms with Crippen molar-refractivity contribution in [2.75, 3.05) is 26.2 Å². The molecule has 18 heavy (non-hydrogen) atoms. The molecule has 1 aliphatic heterocycles. The molecule has 1 N–H and O–H groups in total. The van der Waals surface area contributed by atoms with Crippen LogP contribution >= 0.6 is 11.6 Å². The van der Waals surface area contributed by atoms with Gasteiger partial charge in [-0.2, -0.15) is 0 Å². The molecule has 2 aromatic rings. The van der Waals surface area contributed by atoms with E-state index in [-0.39, 0.29) is 0 Å². The highest BCUT2D eigenvalue weighted by Crippen LogP contribution is 2.25. The van der Waals surface area contributed by atoms with Crippen molar-refractivity contribution < 1.29 is 0 Å². The number of benzene rings is 1. The first-order valence-electron chi connectivity index (χ1n) is 6.40. The first-order valence-corrected chi connectivity index (χ1v) is 6.78. The Balaban J connectivity index is 1.91. The van der Waals surface area contributed by atoms with Crippen LogP contribution in [0.1, 0.15) is 5.56 Å². The average Bonchev–Trinajstić information content (AvgIpc) is 2.67. The number of fused-ring (bicyclic) bond motifs is 1. The Bertz CT molecular complexity index is 555. The predicted molar refractivity (Wildman–Crippen MR) is 76.1 cm³/mol. The first kappa shape index (κ1) is 12.0. The van der Waals surface area contributed by atoms with Crippen LogP contribution in [0.2, 0.25) is 5.02 Å². The number of rotatable bonds is 2. The van der Waals surface area contributed by atoms with Crippen molar-refractivity contribution >= 4 is 22.5 Å². The molecule has 0 radical (unpaired) electrons. The number of nitrogens with one attached hydrogen (secondary N) is 1. The molecular weight excluding hydrogens is 246 g/mol. The zero-order chi connectivity index (χ0) is 12.5. The van der Waals surface area contributed by atoms with Crippen molar-refractivity contribution in [1.29, 1.82) is 0 Å². The Kier molecular flexibility index (Phi) is 3.29. The monoisotopic (exact) mass is 263 g/mol. The summed E-state index contributed by atoms with van der Waals surface area (Å²) in [6.07, 6.45) is 2.23. The van der Waals surface area contributed by atoms with Gasteiger partial charge in [-0.15, -0.1) is 0 Å². The number of nitrogens with zero attached hydrogens (tertiary/aromatic N) is 2. The van der Waals surface area contributed by atoms with Gasteiger partial charge in [-0.1, -0.05) is 17.7 Å². The summed E-state index contributed by atoms with van der Waals surface area (Å²) in [7, 11) is 2.08. The fourth-order valence-corrected chi connectivity index (χ4v) is 2.84. The molecule has 0 amide bonds. The van der Waals surface area contributed by atoms with Crippen molar-refractivity contribution in [3.05, 3.63) is 35.0 Å². The fraction of sp³-hybridized carbons (Fsp3) is 0.429. The number of aromatic nitrogens is 1. The Hall–Kier alpha value is -1.03. The highest BCUT2D eigenvalue weighted by Gasteiger charge is 2.13. The van der Waals surface area contributed by atoms with E-state index in [4.69, 9.17) is 11.6 Å². The van der Waals surface area contributed by atoms with Gasteiger partial charge in [0, 0.05) is 61.9 Å². The summed E-state index contributed by atoms with van der Waals surface area (Å²) in [5.41, 5.74) is 2.61. The van der Waals surface area contributed by atoms with Crippen molar-refractivity contribution in [2.24, 2.45) is 7.05 Å². The van der Waals surface area contributed by atoms with E-state index in [0.29, 0.717) is 0 Å². The smallest absolute Gasteiger partial charge is 0.0495 e. The van der Waals surface area contributed by atoms with E-state index < -0.39 is 0 Å². The van der Waals surface area contributed by atoms with Crippen LogP contribution in [-0.4, -0.2) is 35.6 Å². The summed E-state index contributed by atoms with van der Waals surface area (Å²) in [5.74, 6) is 0. The molecule has 3 nitrogen and oxygen atoms in total. The van der Waals surface area contributed by atoms with Gasteiger partial charge < -0.3 is 9.88 Å². The van der Waals surface area contributed by atoms with Gasteiger partial charge in [-0.3, -0.25) is 4.90 Å². The van der Waals surface area contributed by atoms with Crippen LogP contribution in [0.25, 0.3) is 10.9 Å². The molecular formula is C14H18ClN3. The van der Waals surface area contributed by atoms with E-state index in [1.807, 2.05) is 12.1 Å². The van der Waals surface area contributed by atoms with Gasteiger partial charge >= 0.3 is 0 Å². The molecule has 96 valence electrons. The molecule has 1 aromatic heterocycles. The maximum atomic E-state index is 6.06. The minimum atomic E-state index is 0.803. The molecule has 1 aromatic carbocycles. The van der Waals surface area contributed by atoms with Crippen molar-refractivity contribution in [3.8, 4) is 0 Å². The lowest BCUT2D eigenvalue weighted by atomic mass is 10.1. The molecule has 4 heteroatoms. The standard InChI is InChI=1S/C14H18ClN3/c1-17-9-11(10-18-6-4-16-5-7-18)13-3-2-12(15)8-14(13)17/h2-3,8-9,16H,4-7,10H2,1H3. The van der Waals surface area contributed by atoms with Gasteiger partial charge in [0.25, 0.3) is 0 Å². The maximum absolute atomic E-state index is 6.06. The minimum absolute atomic E-state index is 0.803. The van der Waals surface area contributed by atoms with Gasteiger partial charge in [-0.05, 0) is 17.7 Å². The number of piperazine rings is 1. The number of hydrogen-bond acceptors (Lipinski definition) is 2. The molecule has 0 saturated carbocycles. The van der Waals surface area contributed by atoms with Crippen LogP contribution in [-0.2, 0) is 13.6 Å². The Morgan fingerprint density at radius 3 is 2.83 bits per heavy atom. The van der Waals surface area contributed by atoms with Gasteiger partial charge in [0.2, 0.25) is 0 Å². The molecule has 1 saturated heterocycles. The number of halogens is 1. The van der Waals surface area contributed by atoms with Crippen LogP contribution in [0.3, 0.4) is 0 Å². The summed E-state index contributed by atoms with van der Waals surface area (Å²) < 4.78 is 2.17. The van der Waals surface area contributed by atoms with E-state index >= 15 is 0 Å². The van der Waals surface area contributed by atoms with Crippen LogP contribution in [0.4, 0.5) is 0 Å². The summed E-state index contributed by atoms with van der Waals surface area (Å²) in [4.78, 5) is 2.50. The fourth-order valence-electron chi connectivity index (χ4n) is 2.68. The van der Waals surface area contributed by atoms with Crippen molar-refractivity contribution in [2.45, 2.75) is 6.54 Å². The summed E-state index contributed by atoms with van der Waals surface area (Å²) >= 11 is 6.06. The van der Waals surface area contributed by atoms with E-state index in [1.54, 1.807) is 0 Å². The van der Waals surface area contributed by atoms with Crippen LogP contribution in [0.15, 0.2) is 24.4 Å². The molecule has 0 bridgehead atoms. The second kappa shape index (κ2) is 4.92. The van der Waals surface area contributed by atoms with E-state index in [1.165, 1.54) is 16.5 Å². The zero-order valence-corrected chi connectivity index (χ0v) is 11.4. The molecule has 0 atom stereocenters. The second-order valence-corrected chi connectivity index (χ2v) is 5.39. The molecule has 0 spiro atoms. The summed E-state index contributed by atoms with van der Waals surface area (Å²) in [6, 6.07) is 6.15. The maximum Gasteiger partial charge on any atom is 0.0495 e. The van der Waals surface area contributed by atoms with Gasteiger partial charge in [0.05, 0.1) is 0 Å². The molecule has 1 fully saturated rings. The van der Waals surface area contributed by atoms with Crippen molar-refractivity contribution in [3.63, 3.8) is 0 Å².